The molecule has 42 heavy (non-hydrogen) atoms. The van der Waals surface area contributed by atoms with Crippen LogP contribution in [0.4, 0.5) is 11.4 Å². The summed E-state index contributed by atoms with van der Waals surface area (Å²) in [4.78, 5) is 12.3. The number of fused-ring (bicyclic) bond motifs is 2. The van der Waals surface area contributed by atoms with Gasteiger partial charge in [0.2, 0.25) is 35.1 Å². The van der Waals surface area contributed by atoms with Crippen LogP contribution in [0.2, 0.25) is 0 Å². The fourth-order valence-electron chi connectivity index (χ4n) is 9.15. The molecule has 0 bridgehead atoms. The molecule has 2 aromatic carbocycles. The highest BCUT2D eigenvalue weighted by atomic mass is 32.2. The van der Waals surface area contributed by atoms with E-state index < -0.39 is 0 Å². The average Bonchev–Trinajstić information content (AvgIpc) is 3.56. The summed E-state index contributed by atoms with van der Waals surface area (Å²) in [5, 5.41) is 2.24. The number of benzene rings is 2. The number of nitrogens with zero attached hydrogens (tertiary/aromatic N) is 5. The first-order valence-corrected chi connectivity index (χ1v) is 15.8. The highest BCUT2D eigenvalue weighted by Gasteiger charge is 2.75. The van der Waals surface area contributed by atoms with Gasteiger partial charge in [-0.25, -0.2) is 0 Å². The van der Waals surface area contributed by atoms with Crippen molar-refractivity contribution in [1.29, 1.82) is 0 Å². The van der Waals surface area contributed by atoms with Gasteiger partial charge < -0.3 is 4.74 Å². The van der Waals surface area contributed by atoms with Crippen molar-refractivity contribution in [2.24, 2.45) is 0 Å². The maximum absolute atomic E-state index is 6.95. The fourth-order valence-corrected chi connectivity index (χ4v) is 11.4. The minimum atomic E-state index is 0.122. The van der Waals surface area contributed by atoms with Crippen LogP contribution in [0.25, 0.3) is 22.3 Å². The Morgan fingerprint density at radius 3 is 1.64 bits per heavy atom. The minimum absolute atomic E-state index is 0.122. The lowest BCUT2D eigenvalue weighted by molar-refractivity contribution is -1.03. The van der Waals surface area contributed by atoms with E-state index in [0.717, 1.165) is 21.6 Å². The van der Waals surface area contributed by atoms with Gasteiger partial charge in [0.25, 0.3) is 0 Å². The van der Waals surface area contributed by atoms with Crippen LogP contribution in [-0.2, 0) is 0 Å². The first kappa shape index (κ1) is 20.5. The molecule has 188 valence electrons. The number of hydrogen-bond acceptors (Lipinski definition) is 5. The Morgan fingerprint density at radius 2 is 1.12 bits per heavy atom. The summed E-state index contributed by atoms with van der Waals surface area (Å²) in [6.45, 7) is 0.244. The molecule has 4 aromatic heterocycles. The summed E-state index contributed by atoms with van der Waals surface area (Å²) in [6.07, 6.45) is 8.55. The van der Waals surface area contributed by atoms with E-state index in [9.17, 15) is 0 Å². The molecule has 0 saturated carbocycles. The Bertz CT molecular complexity index is 2280. The molecule has 13 rings (SSSR count). The topological polar surface area (TPSA) is 42.8 Å². The molecule has 0 amide bonds. The number of ether oxygens (including phenoxy) is 1. The van der Waals surface area contributed by atoms with Crippen LogP contribution in [0.15, 0.2) is 105 Å². The van der Waals surface area contributed by atoms with Gasteiger partial charge in [-0.2, -0.15) is 0 Å². The number of quaternary nitrogens is 1. The summed E-state index contributed by atoms with van der Waals surface area (Å²) in [5.74, 6) is 1.85. The molecular weight excluding hydrogens is 556 g/mol. The van der Waals surface area contributed by atoms with E-state index in [1.165, 1.54) is 76.5 Å². The van der Waals surface area contributed by atoms with Crippen LogP contribution < -0.4 is 51.8 Å². The third kappa shape index (κ3) is 1.81. The third-order valence-corrected chi connectivity index (χ3v) is 12.6. The van der Waals surface area contributed by atoms with Crippen molar-refractivity contribution in [2.45, 2.75) is 19.8 Å². The predicted octanol–water partition coefficient (Wildman–Crippen LogP) is 1.27. The zero-order valence-electron chi connectivity index (χ0n) is 21.7. The van der Waals surface area contributed by atoms with E-state index >= 15 is 0 Å². The molecular formula is C32H14B2N5OS2+3. The molecule has 1 spiro atoms. The molecule has 0 unspecified atom stereocenters. The van der Waals surface area contributed by atoms with Crippen LogP contribution in [0, 0.1) is 0 Å². The first-order chi connectivity index (χ1) is 20.8. The molecule has 11 heterocycles. The van der Waals surface area contributed by atoms with Crippen LogP contribution in [0.3, 0.4) is 0 Å². The van der Waals surface area contributed by atoms with E-state index in [2.05, 4.69) is 82.4 Å². The zero-order chi connectivity index (χ0) is 26.6. The van der Waals surface area contributed by atoms with Gasteiger partial charge in [0.1, 0.15) is 0 Å². The molecule has 7 aliphatic heterocycles. The lowest BCUT2D eigenvalue weighted by Gasteiger charge is -2.40. The van der Waals surface area contributed by atoms with Crippen LogP contribution in [0.1, 0.15) is 0 Å². The van der Waals surface area contributed by atoms with Gasteiger partial charge in [0, 0.05) is 65.7 Å². The van der Waals surface area contributed by atoms with Gasteiger partial charge in [-0.05, 0) is 70.6 Å². The zero-order valence-corrected chi connectivity index (χ0v) is 23.3. The molecule has 0 atom stereocenters. The van der Waals surface area contributed by atoms with Gasteiger partial charge in [0.05, 0.1) is 10.1 Å². The maximum Gasteiger partial charge on any atom is 0.347 e. The van der Waals surface area contributed by atoms with Crippen molar-refractivity contribution in [3.63, 3.8) is 0 Å². The van der Waals surface area contributed by atoms with E-state index in [0.29, 0.717) is 4.70 Å². The van der Waals surface area contributed by atoms with Gasteiger partial charge in [-0.3, -0.25) is 9.97 Å². The SMILES string of the molecule is c1cc2c3[n+](c1)[N+]14c5c(ccc6c5B3c3c-2ccnc3S6)Oc2ccc3c(c21)B1c2c(ccnc2S3)-c2ccc[n+]4c21. The third-order valence-electron chi connectivity index (χ3n) is 10.4. The molecule has 10 heteroatoms. The second-order valence-corrected chi connectivity index (χ2v) is 13.9. The molecule has 0 N–H and O–H groups in total. The average molecular weight is 570 g/mol. The van der Waals surface area contributed by atoms with Crippen LogP contribution in [0.5, 0.6) is 11.5 Å². The van der Waals surface area contributed by atoms with Gasteiger partial charge in [0.15, 0.2) is 4.70 Å². The highest BCUT2D eigenvalue weighted by molar-refractivity contribution is 8.00. The summed E-state index contributed by atoms with van der Waals surface area (Å²) in [7, 11) is 0. The van der Waals surface area contributed by atoms with Crippen molar-refractivity contribution in [3.05, 3.63) is 85.5 Å². The van der Waals surface area contributed by atoms with Gasteiger partial charge in [-0.15, -0.1) is 0 Å². The van der Waals surface area contributed by atoms with E-state index in [-0.39, 0.29) is 13.4 Å². The fraction of sp³-hybridized carbons (Fsp3) is 0. The summed E-state index contributed by atoms with van der Waals surface area (Å²) in [6, 6.07) is 22.3. The van der Waals surface area contributed by atoms with E-state index in [4.69, 9.17) is 14.7 Å². The van der Waals surface area contributed by atoms with Gasteiger partial charge >= 0.3 is 24.8 Å². The lowest BCUT2D eigenvalue weighted by atomic mass is 9.38. The Kier molecular flexibility index (Phi) is 3.02. The summed E-state index contributed by atoms with van der Waals surface area (Å²) >= 11 is 3.61. The second-order valence-electron chi connectivity index (χ2n) is 11.9. The Balaban J connectivity index is 1.32. The van der Waals surface area contributed by atoms with E-state index in [1.54, 1.807) is 23.5 Å². The maximum atomic E-state index is 6.95. The first-order valence-electron chi connectivity index (χ1n) is 14.2. The number of hydrogen-bond donors (Lipinski definition) is 0. The summed E-state index contributed by atoms with van der Waals surface area (Å²) in [5.41, 5.74) is 15.7. The van der Waals surface area contributed by atoms with Crippen molar-refractivity contribution in [3.8, 4) is 33.8 Å². The highest BCUT2D eigenvalue weighted by Crippen LogP contribution is 2.54. The van der Waals surface area contributed by atoms with Crippen molar-refractivity contribution in [1.82, 2.24) is 14.7 Å². The van der Waals surface area contributed by atoms with Crippen LogP contribution >= 0.6 is 23.5 Å². The number of aromatic nitrogens is 4. The monoisotopic (exact) mass is 570 g/mol. The number of pyridine rings is 4. The Hall–Kier alpha value is -4.37. The van der Waals surface area contributed by atoms with E-state index in [1.807, 2.05) is 12.4 Å². The molecule has 6 nitrogen and oxygen atoms in total. The predicted molar refractivity (Wildman–Crippen MR) is 163 cm³/mol. The van der Waals surface area contributed by atoms with Crippen molar-refractivity contribution < 1.29 is 14.1 Å². The Morgan fingerprint density at radius 1 is 0.595 bits per heavy atom. The number of rotatable bonds is 0. The lowest BCUT2D eigenvalue weighted by Crippen LogP contribution is -2.98. The molecule has 0 saturated heterocycles. The standard InChI is InChI=1S/C32H14B2N5OS2/c1-3-17-15-9-11-35-31-23(15)33-25-21(41-31)7-5-19-27(25)39(37(13-1)29(17)33)28-20(40-19)6-8-22-26(28)34-24-16(10-12-36-32(24)42-22)18-4-2-14-38(39)30(18)34/h1-14H/q+3. The normalized spacial score (nSPS) is 17.1. The van der Waals surface area contributed by atoms with Crippen molar-refractivity contribution >= 4 is 81.4 Å². The Labute approximate surface area is 248 Å². The quantitative estimate of drug-likeness (QED) is 0.156. The molecule has 0 radical (unpaired) electrons. The van der Waals surface area contributed by atoms with Crippen molar-refractivity contribution in [2.75, 3.05) is 0 Å². The molecule has 0 fully saturated rings. The van der Waals surface area contributed by atoms with Crippen LogP contribution in [-0.4, -0.2) is 23.4 Å². The molecule has 6 aromatic rings. The van der Waals surface area contributed by atoms with Gasteiger partial charge in [-0.1, -0.05) is 23.5 Å². The minimum Gasteiger partial charge on any atom is -0.444 e. The smallest absolute Gasteiger partial charge is 0.347 e. The molecule has 7 aliphatic rings. The molecule has 0 aliphatic carbocycles. The summed E-state index contributed by atoms with van der Waals surface area (Å²) < 4.78 is 12.5. The second kappa shape index (κ2) is 6.20. The largest absolute Gasteiger partial charge is 0.444 e.